The molecule has 3 aromatic rings. The van der Waals surface area contributed by atoms with Crippen LogP contribution in [0.4, 0.5) is 9.59 Å². The average Bonchev–Trinajstić information content (AvgIpc) is 3.25. The molecule has 0 spiro atoms. The van der Waals surface area contributed by atoms with Crippen molar-refractivity contribution in [3.63, 3.8) is 0 Å². The number of phenolic OH excluding ortho intramolecular Hbond substituents is 1. The summed E-state index contributed by atoms with van der Waals surface area (Å²) in [4.78, 5) is 59.4. The molecule has 3 aromatic carbocycles. The van der Waals surface area contributed by atoms with Crippen LogP contribution < -0.4 is 25.8 Å². The van der Waals surface area contributed by atoms with E-state index in [1.54, 1.807) is 100 Å². The normalized spacial score (nSPS) is 11.4. The lowest BCUT2D eigenvalue weighted by Gasteiger charge is -2.23. The van der Waals surface area contributed by atoms with E-state index in [0.717, 1.165) is 22.4 Å². The third-order valence-corrected chi connectivity index (χ3v) is 8.21. The number of carbonyl (C=O) groups excluding carboxylic acids is 5. The number of phenols is 1. The molecule has 0 aliphatic carbocycles. The monoisotopic (exact) mass is 964 g/mol. The molecule has 0 radical (unpaired) electrons. The van der Waals surface area contributed by atoms with Crippen molar-refractivity contribution in [3.05, 3.63) is 89.5 Å². The van der Waals surface area contributed by atoms with Crippen LogP contribution in [0.25, 0.3) is 0 Å². The number of esters is 3. The highest BCUT2D eigenvalue weighted by Gasteiger charge is 2.27. The van der Waals surface area contributed by atoms with Gasteiger partial charge in [0.2, 0.25) is 0 Å². The number of carbonyl (C=O) groups is 5. The Morgan fingerprint density at radius 1 is 0.551 bits per heavy atom. The lowest BCUT2D eigenvalue weighted by molar-refractivity contribution is -0.146. The van der Waals surface area contributed by atoms with Gasteiger partial charge in [0.1, 0.15) is 59.8 Å². The summed E-state index contributed by atoms with van der Waals surface area (Å²) in [6.07, 6.45) is -0.350. The van der Waals surface area contributed by atoms with Crippen LogP contribution in [0.1, 0.15) is 108 Å². The highest BCUT2D eigenvalue weighted by atomic mass is 16.6. The first kappa shape index (κ1) is 64.2. The van der Waals surface area contributed by atoms with Crippen molar-refractivity contribution in [1.29, 1.82) is 0 Å². The molecule has 0 fully saturated rings. The summed E-state index contributed by atoms with van der Waals surface area (Å²) in [5, 5.41) is 14.4. The Hall–Kier alpha value is -6.91. The lowest BCUT2D eigenvalue weighted by atomic mass is 10.1. The fourth-order valence-corrected chi connectivity index (χ4v) is 5.29. The maximum Gasteiger partial charge on any atom is 0.408 e. The maximum atomic E-state index is 12.2. The molecule has 0 aliphatic rings. The van der Waals surface area contributed by atoms with Gasteiger partial charge in [0.25, 0.3) is 0 Å². The minimum absolute atomic E-state index is 0. The molecule has 16 heteroatoms. The van der Waals surface area contributed by atoms with Crippen molar-refractivity contribution in [2.75, 3.05) is 33.0 Å². The number of aromatic hydroxyl groups is 1. The summed E-state index contributed by atoms with van der Waals surface area (Å²) in [5.74, 6) is 11.3. The first-order valence-corrected chi connectivity index (χ1v) is 21.9. The van der Waals surface area contributed by atoms with Crippen LogP contribution in [-0.4, -0.2) is 97.6 Å². The average molecular weight is 964 g/mol. The topological polar surface area (TPSA) is 220 Å². The number of nitrogens with two attached hydrogens (primary N) is 1. The van der Waals surface area contributed by atoms with Gasteiger partial charge < -0.3 is 54.6 Å². The van der Waals surface area contributed by atoms with Crippen LogP contribution in [0, 0.1) is 23.7 Å². The van der Waals surface area contributed by atoms with Gasteiger partial charge in [-0.15, -0.1) is 11.8 Å². The molecular weight excluding hydrogens is 887 g/mol. The van der Waals surface area contributed by atoms with Gasteiger partial charge in [0.15, 0.2) is 0 Å². The highest BCUT2D eigenvalue weighted by Crippen LogP contribution is 2.17. The van der Waals surface area contributed by atoms with Crippen molar-refractivity contribution in [2.45, 2.75) is 140 Å². The van der Waals surface area contributed by atoms with Crippen LogP contribution >= 0.6 is 0 Å². The Labute approximate surface area is 410 Å². The number of hydrogen-bond acceptors (Lipinski definition) is 14. The second kappa shape index (κ2) is 34.4. The fraction of sp³-hybridized carbons (Fsp3) is 0.491. The van der Waals surface area contributed by atoms with E-state index in [0.29, 0.717) is 32.0 Å². The molecule has 69 heavy (non-hydrogen) atoms. The van der Waals surface area contributed by atoms with Crippen molar-refractivity contribution in [2.24, 2.45) is 5.73 Å². The Balaban J connectivity index is 0. The molecule has 3 atom stereocenters. The molecule has 5 N–H and O–H groups in total. The molecule has 3 rings (SSSR count). The molecule has 0 aromatic heterocycles. The Morgan fingerprint density at radius 3 is 1.19 bits per heavy atom. The standard InChI is InChI=1S/C20H27NO5.C16H23NO5.C15H19NO3.2CH4/c1-6-8-13-25-16-11-9-15(10-12-16)14-17(18(22)24-7-2)21-19(23)26-20(3,4)5;1-5-21-14(19)13(17-15(20)22-16(2,3)4)10-11-6-8-12(18)9-7-11;1-3-5-10-19-13-8-6-12(7-9-13)11-14(16)15(17)18-4-2;;/h9-12,17H,7,13-14H2,1-5H3,(H,21,23);6-9,13,18H,5,10H2,1-4H3,(H,17,20);6-9,14H,4,10-11,16H2,1-2H3;2*1H4/t17-;13-;14-;;/m000../s1. The third-order valence-electron chi connectivity index (χ3n) is 8.21. The summed E-state index contributed by atoms with van der Waals surface area (Å²) in [6.45, 7) is 20.7. The van der Waals surface area contributed by atoms with Crippen LogP contribution in [0.5, 0.6) is 17.2 Å². The van der Waals surface area contributed by atoms with Gasteiger partial charge in [-0.1, -0.05) is 63.1 Å². The molecule has 0 saturated carbocycles. The van der Waals surface area contributed by atoms with Gasteiger partial charge >= 0.3 is 30.1 Å². The number of amides is 2. The zero-order valence-electron chi connectivity index (χ0n) is 40.7. The Kier molecular flexibility index (Phi) is 32.0. The maximum absolute atomic E-state index is 12.2. The zero-order valence-corrected chi connectivity index (χ0v) is 40.7. The lowest BCUT2D eigenvalue weighted by Crippen LogP contribution is -2.45. The van der Waals surface area contributed by atoms with Gasteiger partial charge in [-0.25, -0.2) is 19.2 Å². The van der Waals surface area contributed by atoms with Crippen molar-refractivity contribution < 1.29 is 62.2 Å². The van der Waals surface area contributed by atoms with E-state index in [4.69, 9.17) is 38.9 Å². The quantitative estimate of drug-likeness (QED) is 0.0536. The second-order valence-electron chi connectivity index (χ2n) is 16.3. The third kappa shape index (κ3) is 30.2. The molecule has 16 nitrogen and oxygen atoms in total. The summed E-state index contributed by atoms with van der Waals surface area (Å²) in [7, 11) is 0. The van der Waals surface area contributed by atoms with Gasteiger partial charge in [-0.2, -0.15) is 0 Å². The number of hydrogen-bond donors (Lipinski definition) is 4. The second-order valence-corrected chi connectivity index (χ2v) is 16.3. The number of nitrogens with one attached hydrogen (secondary N) is 2. The molecular formula is C53H77N3O13. The molecule has 0 unspecified atom stereocenters. The van der Waals surface area contributed by atoms with Crippen molar-refractivity contribution >= 4 is 30.1 Å². The molecule has 0 saturated heterocycles. The summed E-state index contributed by atoms with van der Waals surface area (Å²) in [6, 6.07) is 18.8. The summed E-state index contributed by atoms with van der Waals surface area (Å²) >= 11 is 0. The summed E-state index contributed by atoms with van der Waals surface area (Å²) in [5.41, 5.74) is 7.05. The first-order valence-electron chi connectivity index (χ1n) is 21.9. The van der Waals surface area contributed by atoms with Gasteiger partial charge in [0.05, 0.1) is 19.8 Å². The summed E-state index contributed by atoms with van der Waals surface area (Å²) < 4.78 is 36.1. The van der Waals surface area contributed by atoms with E-state index in [1.165, 1.54) is 12.1 Å². The number of ether oxygens (including phenoxy) is 7. The van der Waals surface area contributed by atoms with Crippen LogP contribution in [-0.2, 0) is 57.3 Å². The van der Waals surface area contributed by atoms with Crippen LogP contribution in [0.3, 0.4) is 0 Å². The molecule has 2 amide bonds. The van der Waals surface area contributed by atoms with E-state index < -0.39 is 53.5 Å². The van der Waals surface area contributed by atoms with E-state index in [9.17, 15) is 29.1 Å². The minimum atomic E-state index is -0.848. The molecule has 0 aliphatic heterocycles. The van der Waals surface area contributed by atoms with Crippen LogP contribution in [0.2, 0.25) is 0 Å². The minimum Gasteiger partial charge on any atom is -0.508 e. The van der Waals surface area contributed by atoms with Gasteiger partial charge in [0, 0.05) is 12.8 Å². The zero-order chi connectivity index (χ0) is 50.4. The fourth-order valence-electron chi connectivity index (χ4n) is 5.29. The van der Waals surface area contributed by atoms with E-state index in [1.807, 2.05) is 36.4 Å². The van der Waals surface area contributed by atoms with Gasteiger partial charge in [-0.3, -0.25) is 4.79 Å². The smallest absolute Gasteiger partial charge is 0.408 e. The molecule has 0 bridgehead atoms. The molecule has 0 heterocycles. The van der Waals surface area contributed by atoms with E-state index in [2.05, 4.69) is 34.3 Å². The number of rotatable bonds is 18. The Bertz CT molecular complexity index is 2090. The number of benzene rings is 3. The SMILES string of the molecule is C.C.CC#CCOc1ccc(C[C@H](N)C(=O)OCC)cc1.CC#CCOc1ccc(C[C@H](NC(=O)OC(C)(C)C)C(=O)OCC)cc1.CCOC(=O)[C@H](Cc1ccc(O)cc1)NC(=O)OC(C)(C)C. The van der Waals surface area contributed by atoms with Gasteiger partial charge in [-0.05, 0) is 136 Å². The highest BCUT2D eigenvalue weighted by molar-refractivity contribution is 5.82. The van der Waals surface area contributed by atoms with E-state index >= 15 is 0 Å². The predicted octanol–water partition coefficient (Wildman–Crippen LogP) is 8.27. The molecule has 382 valence electrons. The predicted molar refractivity (Wildman–Crippen MR) is 268 cm³/mol. The van der Waals surface area contributed by atoms with E-state index in [-0.39, 0.29) is 52.6 Å². The first-order chi connectivity index (χ1) is 31.6. The number of alkyl carbamates (subject to hydrolysis) is 2. The van der Waals surface area contributed by atoms with Crippen molar-refractivity contribution in [1.82, 2.24) is 10.6 Å². The van der Waals surface area contributed by atoms with Crippen LogP contribution in [0.15, 0.2) is 72.8 Å². The Morgan fingerprint density at radius 2 is 0.870 bits per heavy atom. The van der Waals surface area contributed by atoms with Crippen molar-refractivity contribution in [3.8, 4) is 40.9 Å². The largest absolute Gasteiger partial charge is 0.508 e.